The van der Waals surface area contributed by atoms with Crippen LogP contribution in [0, 0.1) is 6.92 Å². The second kappa shape index (κ2) is 9.57. The van der Waals surface area contributed by atoms with Crippen LogP contribution in [0.1, 0.15) is 18.2 Å². The average molecular weight is 432 g/mol. The van der Waals surface area contributed by atoms with Gasteiger partial charge in [0.25, 0.3) is 0 Å². The highest BCUT2D eigenvalue weighted by Gasteiger charge is 2.23. The van der Waals surface area contributed by atoms with Crippen LogP contribution in [0.5, 0.6) is 5.75 Å². The fourth-order valence-electron chi connectivity index (χ4n) is 3.12. The maximum absolute atomic E-state index is 12.4. The lowest BCUT2D eigenvalue weighted by Gasteiger charge is -2.33. The molecule has 1 aromatic heterocycles. The van der Waals surface area contributed by atoms with Crippen molar-refractivity contribution < 1.29 is 19.1 Å². The number of nitrogens with zero attached hydrogens (tertiary/aromatic N) is 3. The molecule has 1 aliphatic rings. The number of ether oxygens (including phenoxy) is 1. The van der Waals surface area contributed by atoms with E-state index in [0.717, 1.165) is 5.56 Å². The number of thiazole rings is 1. The first kappa shape index (κ1) is 21.6. The highest BCUT2D eigenvalue weighted by atomic mass is 32.1. The highest BCUT2D eigenvalue weighted by Crippen LogP contribution is 2.25. The third kappa shape index (κ3) is 5.47. The molecule has 0 saturated carbocycles. The summed E-state index contributed by atoms with van der Waals surface area (Å²) in [5, 5.41) is 7.78. The second-order valence-corrected chi connectivity index (χ2v) is 7.85. The Morgan fingerprint density at radius 1 is 1.13 bits per heavy atom. The molecule has 9 nitrogen and oxygen atoms in total. The van der Waals surface area contributed by atoms with Crippen LogP contribution in [-0.4, -0.2) is 65.9 Å². The van der Waals surface area contributed by atoms with Crippen LogP contribution in [0.15, 0.2) is 23.6 Å². The van der Waals surface area contributed by atoms with Gasteiger partial charge in [0.15, 0.2) is 5.13 Å². The quantitative estimate of drug-likeness (QED) is 0.756. The van der Waals surface area contributed by atoms with Crippen molar-refractivity contribution in [1.29, 1.82) is 0 Å². The molecule has 0 spiro atoms. The van der Waals surface area contributed by atoms with Gasteiger partial charge in [-0.25, -0.2) is 9.78 Å². The lowest BCUT2D eigenvalue weighted by Crippen LogP contribution is -2.51. The maximum atomic E-state index is 12.4. The third-order valence-corrected chi connectivity index (χ3v) is 5.56. The molecule has 0 bridgehead atoms. The first-order valence-corrected chi connectivity index (χ1v) is 10.4. The SMILES string of the molecule is COc1ccc(C)cc1NC(=O)Cc1csc(NC(=O)N2CCN(C(C)=O)CC2)n1. The summed E-state index contributed by atoms with van der Waals surface area (Å²) in [7, 11) is 1.55. The van der Waals surface area contributed by atoms with E-state index in [1.54, 1.807) is 28.4 Å². The summed E-state index contributed by atoms with van der Waals surface area (Å²) < 4.78 is 5.27. The largest absolute Gasteiger partial charge is 0.495 e. The van der Waals surface area contributed by atoms with Crippen molar-refractivity contribution >= 4 is 40.0 Å². The molecule has 160 valence electrons. The number of anilines is 2. The maximum Gasteiger partial charge on any atom is 0.323 e. The number of hydrogen-bond donors (Lipinski definition) is 2. The van der Waals surface area contributed by atoms with E-state index < -0.39 is 0 Å². The number of amides is 4. The molecular weight excluding hydrogens is 406 g/mol. The Balaban J connectivity index is 1.53. The molecule has 0 radical (unpaired) electrons. The lowest BCUT2D eigenvalue weighted by molar-refractivity contribution is -0.130. The number of aromatic nitrogens is 1. The Labute approximate surface area is 179 Å². The Morgan fingerprint density at radius 2 is 1.83 bits per heavy atom. The molecule has 1 aliphatic heterocycles. The molecule has 0 aliphatic carbocycles. The molecule has 0 unspecified atom stereocenters. The van der Waals surface area contributed by atoms with Gasteiger partial charge in [-0.3, -0.25) is 14.9 Å². The summed E-state index contributed by atoms with van der Waals surface area (Å²) in [5.74, 6) is 0.383. The Morgan fingerprint density at radius 3 is 2.50 bits per heavy atom. The summed E-state index contributed by atoms with van der Waals surface area (Å²) in [4.78, 5) is 43.9. The van der Waals surface area contributed by atoms with E-state index in [9.17, 15) is 14.4 Å². The van der Waals surface area contributed by atoms with E-state index in [1.807, 2.05) is 19.1 Å². The molecule has 4 amide bonds. The standard InChI is InChI=1S/C20H25N5O4S/c1-13-4-5-17(29-3)16(10-13)22-18(27)11-15-12-30-19(21-15)23-20(28)25-8-6-24(7-9-25)14(2)26/h4-5,10,12H,6-9,11H2,1-3H3,(H,22,27)(H,21,23,28). The molecule has 0 atom stereocenters. The fraction of sp³-hybridized carbons (Fsp3) is 0.400. The van der Waals surface area contributed by atoms with E-state index in [0.29, 0.717) is 48.4 Å². The van der Waals surface area contributed by atoms with Gasteiger partial charge in [0.05, 0.1) is 24.9 Å². The van der Waals surface area contributed by atoms with E-state index in [2.05, 4.69) is 15.6 Å². The Bertz CT molecular complexity index is 937. The van der Waals surface area contributed by atoms with Gasteiger partial charge in [-0.2, -0.15) is 0 Å². The van der Waals surface area contributed by atoms with E-state index in [-0.39, 0.29) is 24.3 Å². The minimum atomic E-state index is -0.256. The zero-order valence-electron chi connectivity index (χ0n) is 17.2. The topological polar surface area (TPSA) is 104 Å². The molecule has 2 heterocycles. The number of benzene rings is 1. The molecule has 1 fully saturated rings. The van der Waals surface area contributed by atoms with Gasteiger partial charge in [0, 0.05) is 38.5 Å². The zero-order chi connectivity index (χ0) is 21.7. The van der Waals surface area contributed by atoms with Crippen molar-refractivity contribution in [3.8, 4) is 5.75 Å². The van der Waals surface area contributed by atoms with E-state index >= 15 is 0 Å². The minimum absolute atomic E-state index is 0.0150. The van der Waals surface area contributed by atoms with Crippen LogP contribution >= 0.6 is 11.3 Å². The second-order valence-electron chi connectivity index (χ2n) is 7.00. The van der Waals surface area contributed by atoms with Gasteiger partial charge in [-0.15, -0.1) is 11.3 Å². The smallest absolute Gasteiger partial charge is 0.323 e. The lowest BCUT2D eigenvalue weighted by atomic mass is 10.2. The number of hydrogen-bond acceptors (Lipinski definition) is 6. The van der Waals surface area contributed by atoms with Gasteiger partial charge in [-0.05, 0) is 24.6 Å². The van der Waals surface area contributed by atoms with Crippen molar-refractivity contribution in [3.05, 3.63) is 34.8 Å². The van der Waals surface area contributed by atoms with Gasteiger partial charge in [0.1, 0.15) is 5.75 Å². The molecule has 1 saturated heterocycles. The van der Waals surface area contributed by atoms with Crippen molar-refractivity contribution in [3.63, 3.8) is 0 Å². The molecular formula is C20H25N5O4S. The number of methoxy groups -OCH3 is 1. The Kier molecular flexibility index (Phi) is 6.88. The number of urea groups is 1. The monoisotopic (exact) mass is 431 g/mol. The predicted molar refractivity (Wildman–Crippen MR) is 115 cm³/mol. The average Bonchev–Trinajstić information content (AvgIpc) is 3.14. The molecule has 2 N–H and O–H groups in total. The number of piperazine rings is 1. The van der Waals surface area contributed by atoms with Crippen LogP contribution in [-0.2, 0) is 16.0 Å². The normalized spacial score (nSPS) is 13.7. The Hall–Kier alpha value is -3.14. The van der Waals surface area contributed by atoms with Gasteiger partial charge in [0.2, 0.25) is 11.8 Å². The van der Waals surface area contributed by atoms with Crippen LogP contribution in [0.2, 0.25) is 0 Å². The zero-order valence-corrected chi connectivity index (χ0v) is 18.0. The summed E-state index contributed by atoms with van der Waals surface area (Å²) >= 11 is 1.27. The molecule has 3 rings (SSSR count). The summed E-state index contributed by atoms with van der Waals surface area (Å²) in [5.41, 5.74) is 2.19. The van der Waals surface area contributed by atoms with Gasteiger partial charge in [-0.1, -0.05) is 6.07 Å². The van der Waals surface area contributed by atoms with Crippen LogP contribution in [0.4, 0.5) is 15.6 Å². The summed E-state index contributed by atoms with van der Waals surface area (Å²) in [6, 6.07) is 5.30. The van der Waals surface area contributed by atoms with Crippen molar-refractivity contribution in [2.75, 3.05) is 43.9 Å². The number of rotatable bonds is 5. The number of aryl methyl sites for hydroxylation is 1. The molecule has 1 aromatic carbocycles. The van der Waals surface area contributed by atoms with Crippen LogP contribution < -0.4 is 15.4 Å². The first-order chi connectivity index (χ1) is 14.4. The van der Waals surface area contributed by atoms with E-state index in [4.69, 9.17) is 4.74 Å². The number of carbonyl (C=O) groups excluding carboxylic acids is 3. The van der Waals surface area contributed by atoms with Crippen LogP contribution in [0.25, 0.3) is 0 Å². The highest BCUT2D eigenvalue weighted by molar-refractivity contribution is 7.13. The predicted octanol–water partition coefficient (Wildman–Crippen LogP) is 2.34. The van der Waals surface area contributed by atoms with Crippen molar-refractivity contribution in [1.82, 2.24) is 14.8 Å². The number of carbonyl (C=O) groups is 3. The van der Waals surface area contributed by atoms with Gasteiger partial charge < -0.3 is 19.9 Å². The molecule has 30 heavy (non-hydrogen) atoms. The van der Waals surface area contributed by atoms with Crippen molar-refractivity contribution in [2.45, 2.75) is 20.3 Å². The van der Waals surface area contributed by atoms with Crippen LogP contribution in [0.3, 0.4) is 0 Å². The fourth-order valence-corrected chi connectivity index (χ4v) is 3.82. The van der Waals surface area contributed by atoms with E-state index in [1.165, 1.54) is 18.3 Å². The summed E-state index contributed by atoms with van der Waals surface area (Å²) in [6.45, 7) is 5.46. The first-order valence-electron chi connectivity index (χ1n) is 9.56. The number of nitrogens with one attached hydrogen (secondary N) is 2. The van der Waals surface area contributed by atoms with Gasteiger partial charge >= 0.3 is 6.03 Å². The summed E-state index contributed by atoms with van der Waals surface area (Å²) in [6.07, 6.45) is 0.0841. The minimum Gasteiger partial charge on any atom is -0.495 e. The third-order valence-electron chi connectivity index (χ3n) is 4.75. The molecule has 2 aromatic rings. The molecule has 10 heteroatoms. The van der Waals surface area contributed by atoms with Crippen molar-refractivity contribution in [2.24, 2.45) is 0 Å².